The normalized spacial score (nSPS) is 14.9. The van der Waals surface area contributed by atoms with Crippen LogP contribution < -0.4 is 10.2 Å². The number of rotatable bonds is 5. The lowest BCUT2D eigenvalue weighted by molar-refractivity contribution is 0.101. The lowest BCUT2D eigenvalue weighted by Gasteiger charge is -2.36. The van der Waals surface area contributed by atoms with Gasteiger partial charge in [0, 0.05) is 37.8 Å². The highest BCUT2D eigenvalue weighted by molar-refractivity contribution is 5.94. The zero-order chi connectivity index (χ0) is 17.7. The molecule has 0 unspecified atom stereocenters. The first kappa shape index (κ1) is 18.2. The average Bonchev–Trinajstić information content (AvgIpc) is 2.59. The van der Waals surface area contributed by atoms with E-state index in [0.717, 1.165) is 12.8 Å². The second-order valence-electron chi connectivity index (χ2n) is 6.16. The number of carbonyl (C=O) groups excluding carboxylic acids is 2. The molecular formula is C18H26FN3O2. The van der Waals surface area contributed by atoms with E-state index in [2.05, 4.69) is 19.2 Å². The van der Waals surface area contributed by atoms with Gasteiger partial charge < -0.3 is 15.1 Å². The van der Waals surface area contributed by atoms with Crippen LogP contribution in [0.25, 0.3) is 0 Å². The molecule has 1 heterocycles. The molecule has 1 N–H and O–H groups in total. The first-order valence-electron chi connectivity index (χ1n) is 8.57. The van der Waals surface area contributed by atoms with Crippen LogP contribution in [0.15, 0.2) is 18.2 Å². The molecule has 1 aliphatic heterocycles. The van der Waals surface area contributed by atoms with E-state index < -0.39 is 5.82 Å². The molecule has 1 aromatic carbocycles. The van der Waals surface area contributed by atoms with Crippen molar-refractivity contribution in [3.63, 3.8) is 0 Å². The van der Waals surface area contributed by atoms with Crippen molar-refractivity contribution in [1.29, 1.82) is 0 Å². The molecule has 132 valence electrons. The first-order chi connectivity index (χ1) is 11.5. The van der Waals surface area contributed by atoms with Crippen molar-refractivity contribution in [2.24, 2.45) is 0 Å². The summed E-state index contributed by atoms with van der Waals surface area (Å²) >= 11 is 0. The zero-order valence-electron chi connectivity index (χ0n) is 14.6. The Morgan fingerprint density at radius 3 is 2.29 bits per heavy atom. The first-order valence-corrected chi connectivity index (χ1v) is 8.57. The number of hydrogen-bond donors (Lipinski definition) is 1. The SMILES string of the molecule is CCC(CC)NC(=O)N1CCN(c2ccc(C(C)=O)cc2F)CC1. The number of ketones is 1. The number of benzene rings is 1. The number of piperazine rings is 1. The Bertz CT molecular complexity index is 594. The van der Waals surface area contributed by atoms with E-state index in [1.54, 1.807) is 17.0 Å². The third-order valence-corrected chi connectivity index (χ3v) is 4.57. The van der Waals surface area contributed by atoms with Gasteiger partial charge in [-0.15, -0.1) is 0 Å². The summed E-state index contributed by atoms with van der Waals surface area (Å²) in [6.07, 6.45) is 1.83. The minimum atomic E-state index is -0.391. The molecule has 0 radical (unpaired) electrons. The quantitative estimate of drug-likeness (QED) is 0.842. The molecule has 0 saturated carbocycles. The van der Waals surface area contributed by atoms with Crippen molar-refractivity contribution in [2.75, 3.05) is 31.1 Å². The Kier molecular flexibility index (Phi) is 6.17. The van der Waals surface area contributed by atoms with Gasteiger partial charge in [0.25, 0.3) is 0 Å². The molecule has 1 saturated heterocycles. The van der Waals surface area contributed by atoms with Crippen molar-refractivity contribution in [3.8, 4) is 0 Å². The van der Waals surface area contributed by atoms with Gasteiger partial charge in [0.15, 0.2) is 5.78 Å². The predicted molar refractivity (Wildman–Crippen MR) is 93.1 cm³/mol. The summed E-state index contributed by atoms with van der Waals surface area (Å²) in [5.41, 5.74) is 0.861. The smallest absolute Gasteiger partial charge is 0.317 e. The van der Waals surface area contributed by atoms with E-state index in [9.17, 15) is 14.0 Å². The second kappa shape index (κ2) is 8.13. The van der Waals surface area contributed by atoms with E-state index in [1.807, 2.05) is 4.90 Å². The molecular weight excluding hydrogens is 309 g/mol. The summed E-state index contributed by atoms with van der Waals surface area (Å²) < 4.78 is 14.2. The van der Waals surface area contributed by atoms with Crippen LogP contribution in [0.2, 0.25) is 0 Å². The van der Waals surface area contributed by atoms with Crippen LogP contribution in [0.5, 0.6) is 0 Å². The Balaban J connectivity index is 1.95. The Hall–Kier alpha value is -2.11. The van der Waals surface area contributed by atoms with E-state index in [4.69, 9.17) is 0 Å². The van der Waals surface area contributed by atoms with Crippen LogP contribution in [0.4, 0.5) is 14.9 Å². The standard InChI is InChI=1S/C18H26FN3O2/c1-4-15(5-2)20-18(24)22-10-8-21(9-11-22)17-7-6-14(13(3)23)12-16(17)19/h6-7,12,15H,4-5,8-11H2,1-3H3,(H,20,24). The summed E-state index contributed by atoms with van der Waals surface area (Å²) in [5.74, 6) is -0.541. The lowest BCUT2D eigenvalue weighted by Crippen LogP contribution is -2.53. The molecule has 5 nitrogen and oxygen atoms in total. The van der Waals surface area contributed by atoms with Crippen molar-refractivity contribution in [1.82, 2.24) is 10.2 Å². The molecule has 0 atom stereocenters. The fourth-order valence-corrected chi connectivity index (χ4v) is 2.89. The lowest BCUT2D eigenvalue weighted by atomic mass is 10.1. The highest BCUT2D eigenvalue weighted by Crippen LogP contribution is 2.22. The minimum Gasteiger partial charge on any atom is -0.366 e. The zero-order valence-corrected chi connectivity index (χ0v) is 14.6. The third-order valence-electron chi connectivity index (χ3n) is 4.57. The van der Waals surface area contributed by atoms with Gasteiger partial charge in [-0.1, -0.05) is 13.8 Å². The third kappa shape index (κ3) is 4.24. The average molecular weight is 335 g/mol. The van der Waals surface area contributed by atoms with Crippen LogP contribution in [-0.2, 0) is 0 Å². The van der Waals surface area contributed by atoms with E-state index >= 15 is 0 Å². The van der Waals surface area contributed by atoms with Gasteiger partial charge in [-0.3, -0.25) is 4.79 Å². The Labute approximate surface area is 142 Å². The molecule has 24 heavy (non-hydrogen) atoms. The number of amides is 2. The van der Waals surface area contributed by atoms with Gasteiger partial charge >= 0.3 is 6.03 Å². The molecule has 0 aromatic heterocycles. The van der Waals surface area contributed by atoms with Gasteiger partial charge in [0.05, 0.1) is 5.69 Å². The molecule has 1 fully saturated rings. The van der Waals surface area contributed by atoms with E-state index in [0.29, 0.717) is 37.4 Å². The number of carbonyl (C=O) groups is 2. The number of anilines is 1. The molecule has 0 spiro atoms. The largest absolute Gasteiger partial charge is 0.366 e. The van der Waals surface area contributed by atoms with Crippen molar-refractivity contribution >= 4 is 17.5 Å². The number of Topliss-reactive ketones (excluding diaryl/α,β-unsaturated/α-hetero) is 1. The van der Waals surface area contributed by atoms with Crippen molar-refractivity contribution in [2.45, 2.75) is 39.7 Å². The summed E-state index contributed by atoms with van der Waals surface area (Å²) in [4.78, 5) is 27.2. The van der Waals surface area contributed by atoms with Gasteiger partial charge in [-0.2, -0.15) is 0 Å². The molecule has 6 heteroatoms. The van der Waals surface area contributed by atoms with Crippen LogP contribution in [0, 0.1) is 5.82 Å². The topological polar surface area (TPSA) is 52.7 Å². The monoisotopic (exact) mass is 335 g/mol. The molecule has 0 bridgehead atoms. The molecule has 1 aliphatic rings. The summed E-state index contributed by atoms with van der Waals surface area (Å²) in [7, 11) is 0. The van der Waals surface area contributed by atoms with Gasteiger partial charge in [-0.05, 0) is 38.0 Å². The number of nitrogens with zero attached hydrogens (tertiary/aromatic N) is 2. The molecule has 2 rings (SSSR count). The summed E-state index contributed by atoms with van der Waals surface area (Å²) in [6.45, 7) is 7.80. The van der Waals surface area contributed by atoms with Crippen LogP contribution in [0.1, 0.15) is 44.0 Å². The number of urea groups is 1. The van der Waals surface area contributed by atoms with Crippen molar-refractivity contribution < 1.29 is 14.0 Å². The number of hydrogen-bond acceptors (Lipinski definition) is 3. The van der Waals surface area contributed by atoms with E-state index in [1.165, 1.54) is 13.0 Å². The fraction of sp³-hybridized carbons (Fsp3) is 0.556. The maximum Gasteiger partial charge on any atom is 0.317 e. The maximum atomic E-state index is 14.2. The molecule has 2 amide bonds. The van der Waals surface area contributed by atoms with E-state index in [-0.39, 0.29) is 17.9 Å². The predicted octanol–water partition coefficient (Wildman–Crippen LogP) is 3.05. The number of nitrogens with one attached hydrogen (secondary N) is 1. The van der Waals surface area contributed by atoms with Crippen LogP contribution in [-0.4, -0.2) is 48.9 Å². The molecule has 0 aliphatic carbocycles. The fourth-order valence-electron chi connectivity index (χ4n) is 2.89. The highest BCUT2D eigenvalue weighted by Gasteiger charge is 2.24. The van der Waals surface area contributed by atoms with Crippen LogP contribution >= 0.6 is 0 Å². The maximum absolute atomic E-state index is 14.2. The summed E-state index contributed by atoms with van der Waals surface area (Å²) in [5, 5.41) is 3.03. The number of halogens is 1. The second-order valence-corrected chi connectivity index (χ2v) is 6.16. The minimum absolute atomic E-state index is 0.0456. The van der Waals surface area contributed by atoms with Gasteiger partial charge in [-0.25, -0.2) is 9.18 Å². The van der Waals surface area contributed by atoms with Crippen molar-refractivity contribution in [3.05, 3.63) is 29.6 Å². The van der Waals surface area contributed by atoms with Gasteiger partial charge in [0.2, 0.25) is 0 Å². The highest BCUT2D eigenvalue weighted by atomic mass is 19.1. The van der Waals surface area contributed by atoms with Gasteiger partial charge in [0.1, 0.15) is 5.82 Å². The molecule has 1 aromatic rings. The van der Waals surface area contributed by atoms with Crippen LogP contribution in [0.3, 0.4) is 0 Å². The Morgan fingerprint density at radius 2 is 1.79 bits per heavy atom. The Morgan fingerprint density at radius 1 is 1.17 bits per heavy atom. The summed E-state index contributed by atoms with van der Waals surface area (Å²) in [6, 6.07) is 4.73.